The minimum Gasteiger partial charge on any atom is -0.497 e. The number of likely N-dealkylation sites (tertiary alicyclic amines) is 1. The molecule has 1 aromatic heterocycles. The zero-order chi connectivity index (χ0) is 24.6. The van der Waals surface area contributed by atoms with E-state index in [0.717, 1.165) is 52.7 Å². The molecule has 2 heterocycles. The average Bonchev–Trinajstić information content (AvgIpc) is 3.15. The number of pyridine rings is 1. The Morgan fingerprint density at radius 2 is 2.00 bits per heavy atom. The van der Waals surface area contributed by atoms with Crippen LogP contribution in [0.15, 0.2) is 30.5 Å². The molecule has 2 N–H and O–H groups in total. The summed E-state index contributed by atoms with van der Waals surface area (Å²) in [5.41, 5.74) is 1.65. The molecule has 6 nitrogen and oxygen atoms in total. The molecule has 0 bridgehead atoms. The third kappa shape index (κ3) is 7.11. The van der Waals surface area contributed by atoms with Crippen LogP contribution in [0.4, 0.5) is 0 Å². The fourth-order valence-electron chi connectivity index (χ4n) is 5.75. The van der Waals surface area contributed by atoms with Crippen LogP contribution in [0, 0.1) is 11.8 Å². The van der Waals surface area contributed by atoms with Crippen LogP contribution in [0.2, 0.25) is 0 Å². The molecule has 4 rings (SSSR count). The van der Waals surface area contributed by atoms with Gasteiger partial charge in [-0.1, -0.05) is 25.7 Å². The molecule has 7 heteroatoms. The van der Waals surface area contributed by atoms with Crippen molar-refractivity contribution in [1.82, 2.24) is 9.88 Å². The standard InChI is InChI=1S/C28H40N2O4S/c1-34-21-9-10-26-24(18-21)23(12-14-29-26)27(31)11-8-20-13-15-30(19-25(20)28(32)33)16-17-35-22-6-4-2-3-5-7-22/h9-10,12,14,18,20,22,25,27,31H,2-8,11,13,15-17,19H2,1H3,(H,32,33)/t20-,25+,27?/m1/s1. The van der Waals surface area contributed by atoms with Gasteiger partial charge in [-0.2, -0.15) is 11.8 Å². The predicted octanol–water partition coefficient (Wildman–Crippen LogP) is 5.54. The number of thioether (sulfide) groups is 1. The Morgan fingerprint density at radius 1 is 1.20 bits per heavy atom. The number of methoxy groups -OCH3 is 1. The summed E-state index contributed by atoms with van der Waals surface area (Å²) in [6.07, 6.45) is 11.4. The van der Waals surface area contributed by atoms with Gasteiger partial charge in [0.1, 0.15) is 5.75 Å². The number of hydrogen-bond acceptors (Lipinski definition) is 6. The van der Waals surface area contributed by atoms with Crippen LogP contribution >= 0.6 is 11.8 Å². The lowest BCUT2D eigenvalue weighted by molar-refractivity contribution is -0.146. The third-order valence-electron chi connectivity index (χ3n) is 7.87. The van der Waals surface area contributed by atoms with Gasteiger partial charge in [0.15, 0.2) is 0 Å². The maximum Gasteiger partial charge on any atom is 0.308 e. The highest BCUT2D eigenvalue weighted by molar-refractivity contribution is 7.99. The van der Waals surface area contributed by atoms with E-state index in [9.17, 15) is 15.0 Å². The molecule has 0 spiro atoms. The maximum atomic E-state index is 12.1. The molecule has 3 atom stereocenters. The molecule has 2 aromatic rings. The number of nitrogens with zero attached hydrogens (tertiary/aromatic N) is 2. The summed E-state index contributed by atoms with van der Waals surface area (Å²) < 4.78 is 5.35. The molecule has 1 aliphatic carbocycles. The number of carboxylic acids is 1. The zero-order valence-corrected chi connectivity index (χ0v) is 21.7. The SMILES string of the molecule is COc1ccc2nccc(C(O)CC[C@@H]3CCN(CCSC4CCCCCC4)C[C@@H]3C(=O)O)c2c1. The van der Waals surface area contributed by atoms with Gasteiger partial charge in [0.25, 0.3) is 0 Å². The third-order valence-corrected chi connectivity index (χ3v) is 9.23. The molecule has 35 heavy (non-hydrogen) atoms. The van der Waals surface area contributed by atoms with E-state index >= 15 is 0 Å². The van der Waals surface area contributed by atoms with Gasteiger partial charge in [-0.25, -0.2) is 0 Å². The number of ether oxygens (including phenoxy) is 1. The molecule has 1 aliphatic heterocycles. The normalized spacial score (nSPS) is 23.1. The van der Waals surface area contributed by atoms with Gasteiger partial charge in [-0.15, -0.1) is 0 Å². The summed E-state index contributed by atoms with van der Waals surface area (Å²) in [6, 6.07) is 7.53. The van der Waals surface area contributed by atoms with Crippen molar-refractivity contribution in [3.05, 3.63) is 36.0 Å². The first-order valence-corrected chi connectivity index (χ1v) is 14.3. The number of piperidine rings is 1. The Bertz CT molecular complexity index is 963. The summed E-state index contributed by atoms with van der Waals surface area (Å²) in [4.78, 5) is 18.9. The Kier molecular flexibility index (Phi) is 9.69. The minimum absolute atomic E-state index is 0.0931. The van der Waals surface area contributed by atoms with Crippen molar-refractivity contribution in [2.45, 2.75) is 69.1 Å². The molecule has 2 fully saturated rings. The lowest BCUT2D eigenvalue weighted by Gasteiger charge is -2.37. The second-order valence-electron chi connectivity index (χ2n) is 10.2. The van der Waals surface area contributed by atoms with Gasteiger partial charge in [-0.05, 0) is 74.4 Å². The molecule has 1 unspecified atom stereocenters. The van der Waals surface area contributed by atoms with E-state index in [1.54, 1.807) is 13.3 Å². The zero-order valence-electron chi connectivity index (χ0n) is 20.9. The van der Waals surface area contributed by atoms with Gasteiger partial charge < -0.3 is 19.8 Å². The fraction of sp³-hybridized carbons (Fsp3) is 0.643. The minimum atomic E-state index is -0.704. The topological polar surface area (TPSA) is 82.9 Å². The molecule has 0 amide bonds. The highest BCUT2D eigenvalue weighted by Crippen LogP contribution is 2.34. The Labute approximate surface area is 213 Å². The highest BCUT2D eigenvalue weighted by atomic mass is 32.2. The molecule has 2 aliphatic rings. The number of aliphatic carboxylic acids is 1. The van der Waals surface area contributed by atoms with E-state index < -0.39 is 12.1 Å². The van der Waals surface area contributed by atoms with Crippen LogP contribution in [0.5, 0.6) is 5.75 Å². The molecular weight excluding hydrogens is 460 g/mol. The Morgan fingerprint density at radius 3 is 2.74 bits per heavy atom. The monoisotopic (exact) mass is 500 g/mol. The first-order chi connectivity index (χ1) is 17.0. The second-order valence-corrected chi connectivity index (χ2v) is 11.6. The van der Waals surface area contributed by atoms with Crippen LogP contribution in [0.3, 0.4) is 0 Å². The van der Waals surface area contributed by atoms with Crippen molar-refractivity contribution in [3.8, 4) is 5.75 Å². The second kappa shape index (κ2) is 12.9. The van der Waals surface area contributed by atoms with Gasteiger partial charge in [0.2, 0.25) is 0 Å². The van der Waals surface area contributed by atoms with Crippen molar-refractivity contribution in [1.29, 1.82) is 0 Å². The van der Waals surface area contributed by atoms with Gasteiger partial charge in [-0.3, -0.25) is 9.78 Å². The predicted molar refractivity (Wildman–Crippen MR) is 142 cm³/mol. The summed E-state index contributed by atoms with van der Waals surface area (Å²) in [5, 5.41) is 22.6. The van der Waals surface area contributed by atoms with Crippen LogP contribution in [0.1, 0.15) is 69.5 Å². The van der Waals surface area contributed by atoms with Crippen molar-refractivity contribution in [3.63, 3.8) is 0 Å². The van der Waals surface area contributed by atoms with Crippen molar-refractivity contribution in [2.75, 3.05) is 32.5 Å². The summed E-state index contributed by atoms with van der Waals surface area (Å²) >= 11 is 2.09. The Hall–Kier alpha value is -1.83. The molecule has 0 radical (unpaired) electrons. The number of rotatable bonds is 10. The van der Waals surface area contributed by atoms with Crippen LogP contribution in [-0.2, 0) is 4.79 Å². The molecule has 1 aromatic carbocycles. The van der Waals surface area contributed by atoms with Crippen molar-refractivity contribution in [2.24, 2.45) is 11.8 Å². The first-order valence-electron chi connectivity index (χ1n) is 13.2. The van der Waals surface area contributed by atoms with Crippen molar-refractivity contribution < 1.29 is 19.7 Å². The maximum absolute atomic E-state index is 12.1. The molecule has 192 valence electrons. The van der Waals surface area contributed by atoms with Gasteiger partial charge >= 0.3 is 5.97 Å². The number of hydrogen-bond donors (Lipinski definition) is 2. The molecule has 1 saturated carbocycles. The largest absolute Gasteiger partial charge is 0.497 e. The van der Waals surface area contributed by atoms with Crippen LogP contribution in [0.25, 0.3) is 10.9 Å². The quantitative estimate of drug-likeness (QED) is 0.415. The number of aliphatic hydroxyl groups excluding tert-OH is 1. The number of fused-ring (bicyclic) bond motifs is 1. The van der Waals surface area contributed by atoms with Crippen LogP contribution < -0.4 is 4.74 Å². The van der Waals surface area contributed by atoms with E-state index in [1.807, 2.05) is 24.3 Å². The highest BCUT2D eigenvalue weighted by Gasteiger charge is 2.34. The Balaban J connectivity index is 1.30. The number of aliphatic hydroxyl groups is 1. The van der Waals surface area contributed by atoms with Crippen molar-refractivity contribution >= 4 is 28.6 Å². The fourth-order valence-corrected chi connectivity index (χ4v) is 7.11. The molecular formula is C28H40N2O4S. The number of aromatic nitrogens is 1. The van der Waals surface area contributed by atoms with E-state index in [1.165, 1.54) is 38.5 Å². The average molecular weight is 501 g/mol. The first kappa shape index (κ1) is 26.2. The summed E-state index contributed by atoms with van der Waals surface area (Å²) in [6.45, 7) is 2.55. The number of carboxylic acid groups (broad SMARTS) is 1. The smallest absolute Gasteiger partial charge is 0.308 e. The van der Waals surface area contributed by atoms with Gasteiger partial charge in [0, 0.05) is 35.7 Å². The van der Waals surface area contributed by atoms with Crippen LogP contribution in [-0.4, -0.2) is 63.8 Å². The van der Waals surface area contributed by atoms with E-state index in [2.05, 4.69) is 21.6 Å². The number of benzene rings is 1. The van der Waals surface area contributed by atoms with E-state index in [0.29, 0.717) is 19.4 Å². The lowest BCUT2D eigenvalue weighted by atomic mass is 9.81. The molecule has 1 saturated heterocycles. The van der Waals surface area contributed by atoms with E-state index in [4.69, 9.17) is 4.74 Å². The summed E-state index contributed by atoms with van der Waals surface area (Å²) in [7, 11) is 1.63. The lowest BCUT2D eigenvalue weighted by Crippen LogP contribution is -2.44. The van der Waals surface area contributed by atoms with Gasteiger partial charge in [0.05, 0.1) is 24.6 Å². The van der Waals surface area contributed by atoms with E-state index in [-0.39, 0.29) is 11.8 Å². The summed E-state index contributed by atoms with van der Waals surface area (Å²) in [5.74, 6) is 0.849. The number of carbonyl (C=O) groups is 1.